The van der Waals surface area contributed by atoms with Crippen molar-refractivity contribution in [3.05, 3.63) is 168 Å². The zero-order valence-corrected chi connectivity index (χ0v) is 33.4. The van der Waals surface area contributed by atoms with E-state index >= 15 is 0 Å². The molecular formula is C54H24F12. The van der Waals surface area contributed by atoms with Gasteiger partial charge in [0.25, 0.3) is 0 Å². The highest BCUT2D eigenvalue weighted by molar-refractivity contribution is 6.44. The zero-order valence-electron chi connectivity index (χ0n) is 33.4. The molecule has 0 aliphatic rings. The summed E-state index contributed by atoms with van der Waals surface area (Å²) in [4.78, 5) is 0. The van der Waals surface area contributed by atoms with Crippen molar-refractivity contribution in [1.29, 1.82) is 0 Å². The Kier molecular flexibility index (Phi) is 8.01. The molecule has 0 heterocycles. The van der Waals surface area contributed by atoms with Crippen molar-refractivity contribution in [1.82, 2.24) is 0 Å². The molecule has 324 valence electrons. The predicted octanol–water partition coefficient (Wildman–Crippen LogP) is 18.4. The lowest BCUT2D eigenvalue weighted by molar-refractivity contribution is -0.144. The van der Waals surface area contributed by atoms with Crippen LogP contribution in [0.3, 0.4) is 0 Å². The van der Waals surface area contributed by atoms with E-state index in [1.165, 1.54) is 0 Å². The molecule has 0 unspecified atom stereocenters. The third-order valence-electron chi connectivity index (χ3n) is 13.1. The molecule has 12 aromatic rings. The normalized spacial score (nSPS) is 13.5. The van der Waals surface area contributed by atoms with Crippen molar-refractivity contribution in [3.8, 4) is 22.3 Å². The molecule has 0 spiro atoms. The summed E-state index contributed by atoms with van der Waals surface area (Å²) in [6.45, 7) is 0. The van der Waals surface area contributed by atoms with Gasteiger partial charge in [-0.3, -0.25) is 0 Å². The average Bonchev–Trinajstić information content (AvgIpc) is 3.76. The van der Waals surface area contributed by atoms with Crippen molar-refractivity contribution in [2.75, 3.05) is 0 Å². The molecule has 0 aliphatic carbocycles. The number of rotatable bonds is 2. The maximum absolute atomic E-state index is 14.8. The van der Waals surface area contributed by atoms with Gasteiger partial charge in [0, 0.05) is 0 Å². The smallest absolute Gasteiger partial charge is 0.166 e. The van der Waals surface area contributed by atoms with Crippen molar-refractivity contribution in [3.63, 3.8) is 0 Å². The monoisotopic (exact) mass is 900 g/mol. The van der Waals surface area contributed by atoms with E-state index in [2.05, 4.69) is 0 Å². The van der Waals surface area contributed by atoms with Crippen LogP contribution in [0.5, 0.6) is 0 Å². The van der Waals surface area contributed by atoms with Gasteiger partial charge >= 0.3 is 24.7 Å². The summed E-state index contributed by atoms with van der Waals surface area (Å²) in [7, 11) is 0. The Morgan fingerprint density at radius 2 is 0.561 bits per heavy atom. The summed E-state index contributed by atoms with van der Waals surface area (Å²) in [6, 6.07) is 34.6. The fourth-order valence-corrected chi connectivity index (χ4v) is 10.5. The van der Waals surface area contributed by atoms with Gasteiger partial charge in [-0.05, 0) is 180 Å². The molecule has 0 radical (unpaired) electrons. The first-order valence-electron chi connectivity index (χ1n) is 20.4. The second-order valence-corrected chi connectivity index (χ2v) is 16.8. The van der Waals surface area contributed by atoms with Crippen LogP contribution < -0.4 is 0 Å². The summed E-state index contributed by atoms with van der Waals surface area (Å²) >= 11 is 0. The fourth-order valence-electron chi connectivity index (χ4n) is 10.5. The second-order valence-electron chi connectivity index (χ2n) is 16.8. The molecule has 12 rings (SSSR count). The highest BCUT2D eigenvalue weighted by Crippen LogP contribution is 2.56. The van der Waals surface area contributed by atoms with Crippen LogP contribution in [0.25, 0.3) is 119 Å². The molecule has 12 aromatic carbocycles. The molecule has 0 bridgehead atoms. The van der Waals surface area contributed by atoms with E-state index in [0.717, 1.165) is 21.5 Å². The predicted molar refractivity (Wildman–Crippen MR) is 237 cm³/mol. The van der Waals surface area contributed by atoms with Gasteiger partial charge in [-0.1, -0.05) is 84.9 Å². The van der Waals surface area contributed by atoms with Crippen LogP contribution in [0.1, 0.15) is 22.3 Å². The number of hydrogen-bond acceptors (Lipinski definition) is 0. The summed E-state index contributed by atoms with van der Waals surface area (Å²) in [5.41, 5.74) is -7.62. The molecule has 0 aliphatic heterocycles. The van der Waals surface area contributed by atoms with E-state index in [1.54, 1.807) is 54.6 Å². The number of alkyl halides is 12. The molecule has 0 aromatic heterocycles. The van der Waals surface area contributed by atoms with E-state index in [0.29, 0.717) is 78.1 Å². The van der Waals surface area contributed by atoms with Gasteiger partial charge in [0.1, 0.15) is 0 Å². The first kappa shape index (κ1) is 40.2. The van der Waals surface area contributed by atoms with Gasteiger partial charge < -0.3 is 0 Å². The van der Waals surface area contributed by atoms with Crippen LogP contribution in [0.4, 0.5) is 52.7 Å². The lowest BCUT2D eigenvalue weighted by atomic mass is 9.84. The Bertz CT molecular complexity index is 3970. The minimum absolute atomic E-state index is 0.0178. The largest absolute Gasteiger partial charge is 0.416 e. The molecule has 0 N–H and O–H groups in total. The fraction of sp³-hybridized carbons (Fsp3) is 0.0741. The highest BCUT2D eigenvalue weighted by atomic mass is 19.4. The third-order valence-corrected chi connectivity index (χ3v) is 13.1. The van der Waals surface area contributed by atoms with E-state index in [4.69, 9.17) is 0 Å². The molecule has 66 heavy (non-hydrogen) atoms. The standard InChI is InChI=1S/C54H24F12/c55-51(56,57)29-15-27(16-30(21-29)52(58,59)60)45-43-24-40-39(37-13-5-11-35-33-9-3-1-7-25(33)19-41(40)47(35)37)23-42(43)46(28-17-31(53(61,62)63)22-32(18-28)54(64,65)66)50-44-20-26-8-2-4-10-34(26)36-12-6-14-38(48(36)44)49(45)50/h1-24H. The minimum atomic E-state index is -5.26. The van der Waals surface area contributed by atoms with E-state index in [-0.39, 0.29) is 44.8 Å². The molecule has 0 saturated heterocycles. The summed E-state index contributed by atoms with van der Waals surface area (Å²) in [5, 5.41) is 8.95. The lowest BCUT2D eigenvalue weighted by Crippen LogP contribution is -2.11. The molecular weight excluding hydrogens is 877 g/mol. The number of fused-ring (bicyclic) bond motifs is 11. The quantitative estimate of drug-likeness (QED) is 0.120. The average molecular weight is 901 g/mol. The Morgan fingerprint density at radius 3 is 1.00 bits per heavy atom. The van der Waals surface area contributed by atoms with Crippen LogP contribution in [-0.4, -0.2) is 0 Å². The van der Waals surface area contributed by atoms with Gasteiger partial charge in [-0.25, -0.2) is 0 Å². The third kappa shape index (κ3) is 5.75. The zero-order chi connectivity index (χ0) is 46.0. The van der Waals surface area contributed by atoms with Crippen LogP contribution in [-0.2, 0) is 24.7 Å². The van der Waals surface area contributed by atoms with Gasteiger partial charge in [-0.2, -0.15) is 52.7 Å². The number of benzene rings is 10. The Hall–Kier alpha value is -7.34. The topological polar surface area (TPSA) is 0 Å². The van der Waals surface area contributed by atoms with Crippen LogP contribution in [0, 0.1) is 0 Å². The van der Waals surface area contributed by atoms with E-state index in [1.807, 2.05) is 54.6 Å². The molecule has 0 atom stereocenters. The van der Waals surface area contributed by atoms with Crippen LogP contribution in [0.2, 0.25) is 0 Å². The summed E-state index contributed by atoms with van der Waals surface area (Å²) < 4.78 is 177. The van der Waals surface area contributed by atoms with Crippen molar-refractivity contribution >= 4 is 97.0 Å². The maximum atomic E-state index is 14.8. The maximum Gasteiger partial charge on any atom is 0.416 e. The Labute approximate surface area is 363 Å². The van der Waals surface area contributed by atoms with E-state index in [9.17, 15) is 52.7 Å². The van der Waals surface area contributed by atoms with Gasteiger partial charge in [-0.15, -0.1) is 0 Å². The number of hydrogen-bond donors (Lipinski definition) is 0. The summed E-state index contributed by atoms with van der Waals surface area (Å²) in [5.74, 6) is 0. The van der Waals surface area contributed by atoms with Gasteiger partial charge in [0.2, 0.25) is 0 Å². The SMILES string of the molecule is FC(F)(F)c1cc(-c2c3cc4c(cc3c(-c3cc(C(F)(F)F)cc(C(F)(F)F)c3)c3c5cc6ccccc6c6cccc(c23)c65)c2cccc3c5ccccc5cc4c32)cc(C(F)(F)F)c1. The van der Waals surface area contributed by atoms with Crippen LogP contribution >= 0.6 is 0 Å². The van der Waals surface area contributed by atoms with E-state index < -0.39 is 58.1 Å². The number of halogens is 12. The second kappa shape index (κ2) is 13.1. The first-order valence-corrected chi connectivity index (χ1v) is 20.4. The molecule has 0 saturated carbocycles. The Balaban J connectivity index is 1.41. The summed E-state index contributed by atoms with van der Waals surface area (Å²) in [6.07, 6.45) is -21.1. The van der Waals surface area contributed by atoms with Crippen molar-refractivity contribution < 1.29 is 52.7 Å². The van der Waals surface area contributed by atoms with Gasteiger partial charge in [0.15, 0.2) is 0 Å². The molecule has 0 nitrogen and oxygen atoms in total. The minimum Gasteiger partial charge on any atom is -0.166 e. The van der Waals surface area contributed by atoms with Crippen molar-refractivity contribution in [2.45, 2.75) is 24.7 Å². The molecule has 12 heteroatoms. The highest BCUT2D eigenvalue weighted by Gasteiger charge is 2.40. The van der Waals surface area contributed by atoms with Crippen LogP contribution in [0.15, 0.2) is 146 Å². The lowest BCUT2D eigenvalue weighted by Gasteiger charge is -2.21. The molecule has 0 amide bonds. The molecule has 0 fully saturated rings. The Morgan fingerprint density at radius 1 is 0.227 bits per heavy atom. The first-order chi connectivity index (χ1) is 31.3. The van der Waals surface area contributed by atoms with Crippen molar-refractivity contribution in [2.24, 2.45) is 0 Å². The van der Waals surface area contributed by atoms with Gasteiger partial charge in [0.05, 0.1) is 22.3 Å².